The lowest BCUT2D eigenvalue weighted by Crippen LogP contribution is -2.12. The first-order valence-corrected chi connectivity index (χ1v) is 8.61. The van der Waals surface area contributed by atoms with Crippen molar-refractivity contribution in [3.8, 4) is 5.75 Å². The number of anilines is 4. The van der Waals surface area contributed by atoms with Gasteiger partial charge in [0.2, 0.25) is 5.95 Å². The highest BCUT2D eigenvalue weighted by Crippen LogP contribution is 2.35. The van der Waals surface area contributed by atoms with Gasteiger partial charge in [-0.15, -0.1) is 0 Å². The Morgan fingerprint density at radius 1 is 0.929 bits per heavy atom. The Morgan fingerprint density at radius 3 is 2.32 bits per heavy atom. The molecule has 0 aliphatic carbocycles. The van der Waals surface area contributed by atoms with Gasteiger partial charge < -0.3 is 15.4 Å². The van der Waals surface area contributed by atoms with Gasteiger partial charge in [0.15, 0.2) is 0 Å². The minimum absolute atomic E-state index is 0.0521. The predicted molar refractivity (Wildman–Crippen MR) is 102 cm³/mol. The number of benzene rings is 2. The number of aromatic nitrogens is 2. The second kappa shape index (κ2) is 8.16. The first kappa shape index (κ1) is 19.5. The van der Waals surface area contributed by atoms with Gasteiger partial charge in [-0.25, -0.2) is 4.98 Å². The van der Waals surface area contributed by atoms with Gasteiger partial charge in [-0.2, -0.15) is 18.2 Å². The molecule has 2 aromatic carbocycles. The zero-order valence-corrected chi connectivity index (χ0v) is 15.3. The van der Waals surface area contributed by atoms with Gasteiger partial charge in [-0.1, -0.05) is 24.3 Å². The van der Waals surface area contributed by atoms with Crippen LogP contribution in [-0.2, 0) is 6.18 Å². The van der Waals surface area contributed by atoms with Crippen molar-refractivity contribution in [2.75, 3.05) is 10.6 Å². The Morgan fingerprint density at radius 2 is 1.64 bits per heavy atom. The molecule has 3 aromatic rings. The number of rotatable bonds is 6. The van der Waals surface area contributed by atoms with E-state index >= 15 is 0 Å². The third-order valence-electron chi connectivity index (χ3n) is 3.59. The minimum Gasteiger partial charge on any atom is -0.491 e. The molecule has 3 rings (SSSR count). The summed E-state index contributed by atoms with van der Waals surface area (Å²) in [4.78, 5) is 7.82. The predicted octanol–water partition coefficient (Wildman–Crippen LogP) is 5.77. The number of hydrogen-bond donors (Lipinski definition) is 2. The van der Waals surface area contributed by atoms with E-state index in [1.54, 1.807) is 48.5 Å². The summed E-state index contributed by atoms with van der Waals surface area (Å²) in [5, 5.41) is 5.62. The van der Waals surface area contributed by atoms with Crippen molar-refractivity contribution in [3.05, 3.63) is 66.4 Å². The van der Waals surface area contributed by atoms with Crippen LogP contribution in [0.5, 0.6) is 5.75 Å². The Kier molecular flexibility index (Phi) is 5.67. The molecule has 0 amide bonds. The maximum Gasteiger partial charge on any atom is 0.421 e. The molecule has 1 heterocycles. The van der Waals surface area contributed by atoms with Crippen LogP contribution < -0.4 is 15.4 Å². The topological polar surface area (TPSA) is 59.1 Å². The van der Waals surface area contributed by atoms with Crippen LogP contribution >= 0.6 is 0 Å². The fourth-order valence-electron chi connectivity index (χ4n) is 2.45. The number of para-hydroxylation sites is 1. The smallest absolute Gasteiger partial charge is 0.421 e. The lowest BCUT2D eigenvalue weighted by atomic mass is 10.2. The van der Waals surface area contributed by atoms with Crippen molar-refractivity contribution < 1.29 is 17.9 Å². The van der Waals surface area contributed by atoms with E-state index in [0.29, 0.717) is 17.1 Å². The quantitative estimate of drug-likeness (QED) is 0.561. The highest BCUT2D eigenvalue weighted by atomic mass is 19.4. The van der Waals surface area contributed by atoms with Crippen LogP contribution in [0.1, 0.15) is 19.4 Å². The molecule has 1 aromatic heterocycles. The van der Waals surface area contributed by atoms with Crippen LogP contribution in [0, 0.1) is 0 Å². The Bertz CT molecular complexity index is 930. The molecule has 0 saturated heterocycles. The van der Waals surface area contributed by atoms with Crippen molar-refractivity contribution >= 4 is 23.1 Å². The third-order valence-corrected chi connectivity index (χ3v) is 3.59. The third kappa shape index (κ3) is 5.12. The summed E-state index contributed by atoms with van der Waals surface area (Å²) in [6.45, 7) is 3.74. The molecule has 0 fully saturated rings. The van der Waals surface area contributed by atoms with Crippen LogP contribution in [-0.4, -0.2) is 16.1 Å². The largest absolute Gasteiger partial charge is 0.491 e. The summed E-state index contributed by atoms with van der Waals surface area (Å²) in [6, 6.07) is 15.6. The van der Waals surface area contributed by atoms with Gasteiger partial charge in [-0.05, 0) is 38.1 Å². The molecule has 0 unspecified atom stereocenters. The van der Waals surface area contributed by atoms with Crippen molar-refractivity contribution in [2.45, 2.75) is 26.1 Å². The molecule has 0 spiro atoms. The first-order chi connectivity index (χ1) is 13.3. The van der Waals surface area contributed by atoms with Gasteiger partial charge in [-0.3, -0.25) is 0 Å². The standard InChI is InChI=1S/C20H19F3N4O/c1-13(2)28-16-10-6-9-15(11-16)25-18-17(20(21,22)23)12-24-19(27-18)26-14-7-4-3-5-8-14/h3-13H,1-2H3,(H2,24,25,26,27). The van der Waals surface area contributed by atoms with E-state index in [9.17, 15) is 13.2 Å². The van der Waals surface area contributed by atoms with Gasteiger partial charge in [0.05, 0.1) is 6.10 Å². The van der Waals surface area contributed by atoms with E-state index in [1.807, 2.05) is 19.9 Å². The molecule has 8 heteroatoms. The number of nitrogens with zero attached hydrogens (tertiary/aromatic N) is 2. The molecular formula is C20H19F3N4O. The first-order valence-electron chi connectivity index (χ1n) is 8.61. The SMILES string of the molecule is CC(C)Oc1cccc(Nc2nc(Nc3ccccc3)ncc2C(F)(F)F)c1. The van der Waals surface area contributed by atoms with Crippen LogP contribution in [0.15, 0.2) is 60.8 Å². The Hall–Kier alpha value is -3.29. The summed E-state index contributed by atoms with van der Waals surface area (Å²) in [5.41, 5.74) is 0.134. The van der Waals surface area contributed by atoms with Crippen molar-refractivity contribution in [1.82, 2.24) is 9.97 Å². The zero-order valence-electron chi connectivity index (χ0n) is 15.3. The highest BCUT2D eigenvalue weighted by molar-refractivity contribution is 5.63. The minimum atomic E-state index is -4.60. The number of alkyl halides is 3. The fourth-order valence-corrected chi connectivity index (χ4v) is 2.45. The molecule has 0 atom stereocenters. The van der Waals surface area contributed by atoms with E-state index in [2.05, 4.69) is 20.6 Å². The average molecular weight is 388 g/mol. The summed E-state index contributed by atoms with van der Waals surface area (Å²) in [7, 11) is 0. The maximum absolute atomic E-state index is 13.4. The summed E-state index contributed by atoms with van der Waals surface area (Å²) in [5.74, 6) is 0.254. The lowest BCUT2D eigenvalue weighted by Gasteiger charge is -2.16. The summed E-state index contributed by atoms with van der Waals surface area (Å²) in [6.07, 6.45) is -3.89. The van der Waals surface area contributed by atoms with E-state index in [4.69, 9.17) is 4.74 Å². The summed E-state index contributed by atoms with van der Waals surface area (Å²) >= 11 is 0. The molecule has 0 radical (unpaired) electrons. The normalized spacial score (nSPS) is 11.4. The Labute approximate surface area is 160 Å². The van der Waals surface area contributed by atoms with E-state index in [0.717, 1.165) is 6.20 Å². The monoisotopic (exact) mass is 388 g/mol. The molecule has 146 valence electrons. The van der Waals surface area contributed by atoms with Crippen LogP contribution in [0.3, 0.4) is 0 Å². The van der Waals surface area contributed by atoms with Crippen molar-refractivity contribution in [2.24, 2.45) is 0 Å². The molecule has 0 aliphatic heterocycles. The lowest BCUT2D eigenvalue weighted by molar-refractivity contribution is -0.137. The maximum atomic E-state index is 13.4. The molecule has 0 saturated carbocycles. The van der Waals surface area contributed by atoms with Crippen LogP contribution in [0.4, 0.5) is 36.3 Å². The molecule has 0 aliphatic rings. The average Bonchev–Trinajstić information content (AvgIpc) is 2.61. The zero-order chi connectivity index (χ0) is 20.1. The Balaban J connectivity index is 1.92. The molecule has 0 bridgehead atoms. The fraction of sp³-hybridized carbons (Fsp3) is 0.200. The van der Waals surface area contributed by atoms with Gasteiger partial charge >= 0.3 is 6.18 Å². The second-order valence-corrected chi connectivity index (χ2v) is 6.26. The van der Waals surface area contributed by atoms with Gasteiger partial charge in [0.25, 0.3) is 0 Å². The number of nitrogens with one attached hydrogen (secondary N) is 2. The van der Waals surface area contributed by atoms with Crippen LogP contribution in [0.25, 0.3) is 0 Å². The highest BCUT2D eigenvalue weighted by Gasteiger charge is 2.35. The second-order valence-electron chi connectivity index (χ2n) is 6.26. The van der Waals surface area contributed by atoms with Gasteiger partial charge in [0, 0.05) is 23.6 Å². The molecule has 28 heavy (non-hydrogen) atoms. The number of halogens is 3. The van der Waals surface area contributed by atoms with Gasteiger partial charge in [0.1, 0.15) is 17.1 Å². The van der Waals surface area contributed by atoms with E-state index < -0.39 is 11.7 Å². The molecule has 5 nitrogen and oxygen atoms in total. The van der Waals surface area contributed by atoms with E-state index in [1.165, 1.54) is 0 Å². The van der Waals surface area contributed by atoms with Crippen LogP contribution in [0.2, 0.25) is 0 Å². The number of hydrogen-bond acceptors (Lipinski definition) is 5. The molecule has 2 N–H and O–H groups in total. The van der Waals surface area contributed by atoms with E-state index in [-0.39, 0.29) is 17.9 Å². The van der Waals surface area contributed by atoms with Crippen molar-refractivity contribution in [3.63, 3.8) is 0 Å². The van der Waals surface area contributed by atoms with Crippen molar-refractivity contribution in [1.29, 1.82) is 0 Å². The molecular weight excluding hydrogens is 369 g/mol. The number of ether oxygens (including phenoxy) is 1. The summed E-state index contributed by atoms with van der Waals surface area (Å²) < 4.78 is 45.8.